The second-order valence-corrected chi connectivity index (χ2v) is 7.70. The number of aromatic nitrogens is 3. The van der Waals surface area contributed by atoms with Crippen molar-refractivity contribution in [2.45, 2.75) is 18.8 Å². The number of hydrogen-bond acceptors (Lipinski definition) is 5. The van der Waals surface area contributed by atoms with Crippen molar-refractivity contribution >= 4 is 16.7 Å². The first-order chi connectivity index (χ1) is 13.2. The molecule has 1 unspecified atom stereocenters. The van der Waals surface area contributed by atoms with Crippen molar-refractivity contribution in [1.82, 2.24) is 24.7 Å². The van der Waals surface area contributed by atoms with Crippen molar-refractivity contribution in [3.8, 4) is 0 Å². The van der Waals surface area contributed by atoms with Gasteiger partial charge in [-0.1, -0.05) is 23.9 Å². The summed E-state index contributed by atoms with van der Waals surface area (Å²) in [6.45, 7) is 9.56. The van der Waals surface area contributed by atoms with E-state index in [-0.39, 0.29) is 0 Å². The fraction of sp³-hybridized carbons (Fsp3) is 0.429. The Bertz CT molecular complexity index is 988. The van der Waals surface area contributed by atoms with Crippen LogP contribution in [0.25, 0.3) is 16.7 Å². The van der Waals surface area contributed by atoms with Gasteiger partial charge in [-0.15, -0.1) is 0 Å². The van der Waals surface area contributed by atoms with Crippen LogP contribution in [0, 0.1) is 0 Å². The number of rotatable bonds is 4. The number of hydrogen-bond donors (Lipinski definition) is 0. The number of likely N-dealkylation sites (tertiary alicyclic amines) is 1. The minimum Gasteiger partial charge on any atom is -0.370 e. The van der Waals surface area contributed by atoms with E-state index in [1.54, 1.807) is 0 Å². The second kappa shape index (κ2) is 6.53. The largest absolute Gasteiger partial charge is 0.370 e. The summed E-state index contributed by atoms with van der Waals surface area (Å²) in [6, 6.07) is 8.17. The van der Waals surface area contributed by atoms with Gasteiger partial charge in [-0.3, -0.25) is 4.68 Å². The maximum atomic E-state index is 5.50. The van der Waals surface area contributed by atoms with Gasteiger partial charge in [-0.2, -0.15) is 5.10 Å². The van der Waals surface area contributed by atoms with E-state index in [9.17, 15) is 0 Å². The molecule has 2 aromatic heterocycles. The summed E-state index contributed by atoms with van der Waals surface area (Å²) in [7, 11) is 1.98. The quantitative estimate of drug-likeness (QED) is 0.713. The van der Waals surface area contributed by atoms with Gasteiger partial charge >= 0.3 is 0 Å². The molecule has 0 aliphatic carbocycles. The van der Waals surface area contributed by atoms with Crippen LogP contribution in [0.4, 0.5) is 0 Å². The fourth-order valence-corrected chi connectivity index (χ4v) is 4.47. The zero-order valence-electron chi connectivity index (χ0n) is 15.8. The molecule has 2 aliphatic rings. The van der Waals surface area contributed by atoms with Crippen molar-refractivity contribution in [2.24, 2.45) is 7.05 Å². The van der Waals surface area contributed by atoms with Gasteiger partial charge in [-0.25, -0.2) is 0 Å². The van der Waals surface area contributed by atoms with E-state index in [1.807, 2.05) is 23.9 Å². The van der Waals surface area contributed by atoms with Gasteiger partial charge in [0.1, 0.15) is 0 Å². The highest BCUT2D eigenvalue weighted by Gasteiger charge is 2.29. The smallest absolute Gasteiger partial charge is 0.167 e. The van der Waals surface area contributed by atoms with Crippen LogP contribution >= 0.6 is 0 Å². The highest BCUT2D eigenvalue weighted by molar-refractivity contribution is 5.79. The summed E-state index contributed by atoms with van der Waals surface area (Å²) < 4.78 is 7.40. The number of benzene rings is 1. The summed E-state index contributed by atoms with van der Waals surface area (Å²) >= 11 is 0. The minimum absolute atomic E-state index is 0.461. The number of aryl methyl sites for hydroxylation is 1. The number of nitrogens with zero attached hydrogens (tertiary/aromatic N) is 5. The standard InChI is InChI=1S/C21H25N5O/c1-15-18-14-24(2)22-19(18)8-10-26(15)12-11-25-9-7-16(13-25)21-17-5-3-4-6-20(17)27-23-21/h3-6,14,16H,1,7-13H2,2H3. The van der Waals surface area contributed by atoms with E-state index in [2.05, 4.69) is 45.0 Å². The molecular weight excluding hydrogens is 338 g/mol. The van der Waals surface area contributed by atoms with Gasteiger partial charge < -0.3 is 14.3 Å². The molecule has 0 saturated carbocycles. The molecule has 0 N–H and O–H groups in total. The Hall–Kier alpha value is -2.60. The monoisotopic (exact) mass is 363 g/mol. The van der Waals surface area contributed by atoms with Crippen molar-refractivity contribution in [1.29, 1.82) is 0 Å². The fourth-order valence-electron chi connectivity index (χ4n) is 4.47. The Labute approximate surface area is 159 Å². The molecule has 1 atom stereocenters. The molecular formula is C21H25N5O. The molecule has 2 aliphatic heterocycles. The van der Waals surface area contributed by atoms with Crippen LogP contribution in [0.15, 0.2) is 41.6 Å². The summed E-state index contributed by atoms with van der Waals surface area (Å²) in [6.07, 6.45) is 4.23. The van der Waals surface area contributed by atoms with Gasteiger partial charge in [0.15, 0.2) is 5.58 Å². The molecule has 0 radical (unpaired) electrons. The molecule has 140 valence electrons. The third-order valence-corrected chi connectivity index (χ3v) is 5.97. The summed E-state index contributed by atoms with van der Waals surface area (Å²) in [5.74, 6) is 0.461. The number of para-hydroxylation sites is 1. The zero-order valence-corrected chi connectivity index (χ0v) is 15.8. The maximum Gasteiger partial charge on any atom is 0.167 e. The SMILES string of the molecule is C=C1c2cn(C)nc2CCN1CCN1CCC(c2noc3ccccc23)C1. The lowest BCUT2D eigenvalue weighted by molar-refractivity contribution is 0.278. The number of fused-ring (bicyclic) bond motifs is 2. The van der Waals surface area contributed by atoms with Crippen LogP contribution in [0.2, 0.25) is 0 Å². The van der Waals surface area contributed by atoms with Crippen LogP contribution in [0.3, 0.4) is 0 Å². The normalized spacial score (nSPS) is 20.6. The molecule has 1 fully saturated rings. The Morgan fingerprint density at radius 3 is 3.04 bits per heavy atom. The van der Waals surface area contributed by atoms with E-state index < -0.39 is 0 Å². The van der Waals surface area contributed by atoms with E-state index in [0.717, 1.165) is 67.9 Å². The molecule has 1 saturated heterocycles. The molecule has 5 rings (SSSR count). The van der Waals surface area contributed by atoms with E-state index in [1.165, 1.54) is 11.3 Å². The lowest BCUT2D eigenvalue weighted by atomic mass is 10.0. The summed E-state index contributed by atoms with van der Waals surface area (Å²) in [5, 5.41) is 10.1. The first-order valence-electron chi connectivity index (χ1n) is 9.72. The van der Waals surface area contributed by atoms with E-state index in [4.69, 9.17) is 4.52 Å². The lowest BCUT2D eigenvalue weighted by Gasteiger charge is -2.31. The zero-order chi connectivity index (χ0) is 18.4. The summed E-state index contributed by atoms with van der Waals surface area (Å²) in [5.41, 5.74) is 5.51. The second-order valence-electron chi connectivity index (χ2n) is 7.70. The predicted octanol–water partition coefficient (Wildman–Crippen LogP) is 2.88. The minimum atomic E-state index is 0.461. The van der Waals surface area contributed by atoms with Gasteiger partial charge in [0.2, 0.25) is 0 Å². The van der Waals surface area contributed by atoms with Crippen LogP contribution in [-0.4, -0.2) is 57.5 Å². The Morgan fingerprint density at radius 1 is 1.22 bits per heavy atom. The molecule has 0 amide bonds. The predicted molar refractivity (Wildman–Crippen MR) is 105 cm³/mol. The average molecular weight is 363 g/mol. The van der Waals surface area contributed by atoms with E-state index >= 15 is 0 Å². The molecule has 6 nitrogen and oxygen atoms in total. The van der Waals surface area contributed by atoms with E-state index in [0.29, 0.717) is 5.92 Å². The topological polar surface area (TPSA) is 50.3 Å². The van der Waals surface area contributed by atoms with Gasteiger partial charge in [-0.05, 0) is 25.1 Å². The third-order valence-electron chi connectivity index (χ3n) is 5.97. The molecule has 27 heavy (non-hydrogen) atoms. The van der Waals surface area contributed by atoms with Crippen molar-refractivity contribution in [3.63, 3.8) is 0 Å². The highest BCUT2D eigenvalue weighted by atomic mass is 16.5. The van der Waals surface area contributed by atoms with Crippen molar-refractivity contribution < 1.29 is 4.52 Å². The van der Waals surface area contributed by atoms with Crippen LogP contribution < -0.4 is 0 Å². The highest BCUT2D eigenvalue weighted by Crippen LogP contribution is 2.32. The van der Waals surface area contributed by atoms with Gasteiger partial charge in [0.25, 0.3) is 0 Å². The molecule has 0 bridgehead atoms. The van der Waals surface area contributed by atoms with Gasteiger partial charge in [0, 0.05) is 68.4 Å². The Balaban J connectivity index is 1.21. The molecule has 0 spiro atoms. The lowest BCUT2D eigenvalue weighted by Crippen LogP contribution is -2.36. The third kappa shape index (κ3) is 2.94. The Kier molecular flexibility index (Phi) is 4.01. The van der Waals surface area contributed by atoms with Crippen molar-refractivity contribution in [3.05, 3.63) is 54.0 Å². The first kappa shape index (κ1) is 16.6. The van der Waals surface area contributed by atoms with Crippen LogP contribution in [-0.2, 0) is 13.5 Å². The van der Waals surface area contributed by atoms with Crippen LogP contribution in [0.5, 0.6) is 0 Å². The average Bonchev–Trinajstić information content (AvgIpc) is 3.38. The van der Waals surface area contributed by atoms with Gasteiger partial charge in [0.05, 0.1) is 11.4 Å². The molecule has 4 heterocycles. The maximum absolute atomic E-state index is 5.50. The molecule has 6 heteroatoms. The molecule has 1 aromatic carbocycles. The summed E-state index contributed by atoms with van der Waals surface area (Å²) in [4.78, 5) is 4.95. The first-order valence-corrected chi connectivity index (χ1v) is 9.72. The molecule has 3 aromatic rings. The van der Waals surface area contributed by atoms with Crippen molar-refractivity contribution in [2.75, 3.05) is 32.7 Å². The van der Waals surface area contributed by atoms with Crippen LogP contribution in [0.1, 0.15) is 29.3 Å². The Morgan fingerprint density at radius 2 is 2.11 bits per heavy atom.